The minimum absolute atomic E-state index is 0.0702. The number of carbonyl (C=O) groups excluding carboxylic acids is 2. The monoisotopic (exact) mass is 509 g/mol. The van der Waals surface area contributed by atoms with E-state index in [0.717, 1.165) is 11.1 Å². The minimum atomic E-state index is -1.46. The number of benzene rings is 1. The van der Waals surface area contributed by atoms with E-state index in [-0.39, 0.29) is 36.7 Å². The average molecular weight is 510 g/mol. The normalized spacial score (nSPS) is 26.8. The molecule has 8 nitrogen and oxygen atoms in total. The topological polar surface area (TPSA) is 94.3 Å². The Labute approximate surface area is 210 Å². The van der Waals surface area contributed by atoms with Crippen molar-refractivity contribution < 1.29 is 28.2 Å². The number of nitrogens with two attached hydrogens (primary N) is 1. The molecular formula is C25H33ClFN3O5. The van der Waals surface area contributed by atoms with Crippen LogP contribution in [0.2, 0.25) is 0 Å². The van der Waals surface area contributed by atoms with Gasteiger partial charge in [0.1, 0.15) is 11.5 Å². The molecule has 2 aliphatic rings. The highest BCUT2D eigenvalue weighted by Gasteiger charge is 2.53. The molecule has 2 N–H and O–H groups in total. The molecular weight excluding hydrogens is 477 g/mol. The first-order valence-electron chi connectivity index (χ1n) is 11.5. The van der Waals surface area contributed by atoms with Crippen LogP contribution in [0, 0.1) is 11.7 Å². The fourth-order valence-electron chi connectivity index (χ4n) is 4.84. The summed E-state index contributed by atoms with van der Waals surface area (Å²) in [6.07, 6.45) is 5.58. The SMILES string of the molecule is COCCOC1(N2CCCC(OC(N)=O)(C(=O)N(C)C)C2)C=CC(c2cccc(F)c2)=CC1CCl. The van der Waals surface area contributed by atoms with Crippen molar-refractivity contribution in [1.82, 2.24) is 9.80 Å². The molecule has 1 fully saturated rings. The van der Waals surface area contributed by atoms with E-state index in [9.17, 15) is 14.0 Å². The molecule has 0 radical (unpaired) electrons. The zero-order valence-electron chi connectivity index (χ0n) is 20.3. The van der Waals surface area contributed by atoms with Gasteiger partial charge in [0.15, 0.2) is 0 Å². The van der Waals surface area contributed by atoms with Gasteiger partial charge in [0.05, 0.1) is 19.8 Å². The van der Waals surface area contributed by atoms with Crippen molar-refractivity contribution in [3.8, 4) is 0 Å². The van der Waals surface area contributed by atoms with Crippen LogP contribution in [0.25, 0.3) is 5.57 Å². The summed E-state index contributed by atoms with van der Waals surface area (Å²) in [6.45, 7) is 1.25. The molecule has 3 rings (SSSR count). The molecule has 3 atom stereocenters. The molecule has 35 heavy (non-hydrogen) atoms. The molecule has 1 aromatic carbocycles. The fraction of sp³-hybridized carbons (Fsp3) is 0.520. The number of hydrogen-bond acceptors (Lipinski definition) is 6. The van der Waals surface area contributed by atoms with Crippen LogP contribution >= 0.6 is 11.6 Å². The highest BCUT2D eigenvalue weighted by molar-refractivity contribution is 6.18. The number of rotatable bonds is 9. The molecule has 0 spiro atoms. The summed E-state index contributed by atoms with van der Waals surface area (Å²) in [5.74, 6) is -0.855. The lowest BCUT2D eigenvalue weighted by atomic mass is 9.82. The van der Waals surface area contributed by atoms with E-state index < -0.39 is 17.4 Å². The van der Waals surface area contributed by atoms with Gasteiger partial charge in [0.2, 0.25) is 5.60 Å². The Kier molecular flexibility index (Phi) is 8.93. The molecule has 0 bridgehead atoms. The van der Waals surface area contributed by atoms with Gasteiger partial charge < -0.3 is 24.8 Å². The van der Waals surface area contributed by atoms with Crippen molar-refractivity contribution in [2.45, 2.75) is 24.2 Å². The first-order chi connectivity index (χ1) is 16.7. The summed E-state index contributed by atoms with van der Waals surface area (Å²) in [5, 5.41) is 0. The average Bonchev–Trinajstić information content (AvgIpc) is 2.83. The summed E-state index contributed by atoms with van der Waals surface area (Å²) in [5.41, 5.74) is 4.40. The van der Waals surface area contributed by atoms with Gasteiger partial charge in [0.25, 0.3) is 5.91 Å². The summed E-state index contributed by atoms with van der Waals surface area (Å²) >= 11 is 6.48. The van der Waals surface area contributed by atoms with Crippen molar-refractivity contribution >= 4 is 29.2 Å². The largest absolute Gasteiger partial charge is 0.432 e. The van der Waals surface area contributed by atoms with E-state index in [2.05, 4.69) is 0 Å². The molecule has 0 saturated carbocycles. The molecule has 1 aromatic rings. The molecule has 192 valence electrons. The van der Waals surface area contributed by atoms with Crippen LogP contribution in [0.15, 0.2) is 42.5 Å². The number of halogens is 2. The minimum Gasteiger partial charge on any atom is -0.432 e. The third-order valence-corrected chi connectivity index (χ3v) is 6.73. The molecule has 10 heteroatoms. The van der Waals surface area contributed by atoms with Crippen LogP contribution in [0.4, 0.5) is 9.18 Å². The lowest BCUT2D eigenvalue weighted by molar-refractivity contribution is -0.190. The van der Waals surface area contributed by atoms with Crippen molar-refractivity contribution in [3.05, 3.63) is 53.9 Å². The van der Waals surface area contributed by atoms with Gasteiger partial charge >= 0.3 is 6.09 Å². The number of likely N-dealkylation sites (tertiary alicyclic amines) is 1. The molecule has 3 unspecified atom stereocenters. The predicted octanol–water partition coefficient (Wildman–Crippen LogP) is 3.01. The van der Waals surface area contributed by atoms with E-state index in [1.54, 1.807) is 27.3 Å². The fourth-order valence-corrected chi connectivity index (χ4v) is 5.15. The molecule has 1 aliphatic heterocycles. The number of alkyl halides is 1. The van der Waals surface area contributed by atoms with Gasteiger partial charge in [-0.2, -0.15) is 0 Å². The molecule has 1 aliphatic carbocycles. The number of ether oxygens (including phenoxy) is 3. The van der Waals surface area contributed by atoms with Crippen LogP contribution in [0.1, 0.15) is 18.4 Å². The maximum absolute atomic E-state index is 13.9. The number of piperidine rings is 1. The number of allylic oxidation sites excluding steroid dienone is 2. The highest BCUT2D eigenvalue weighted by atomic mass is 35.5. The zero-order valence-corrected chi connectivity index (χ0v) is 21.1. The smallest absolute Gasteiger partial charge is 0.405 e. The van der Waals surface area contributed by atoms with Crippen LogP contribution < -0.4 is 5.73 Å². The van der Waals surface area contributed by atoms with Crippen LogP contribution in [0.3, 0.4) is 0 Å². The van der Waals surface area contributed by atoms with Crippen molar-refractivity contribution in [2.24, 2.45) is 11.7 Å². The Morgan fingerprint density at radius 2 is 2.09 bits per heavy atom. The van der Waals surface area contributed by atoms with Crippen LogP contribution in [0.5, 0.6) is 0 Å². The summed E-state index contributed by atoms with van der Waals surface area (Å²) in [6, 6.07) is 6.33. The first kappa shape index (κ1) is 27.1. The first-order valence-corrected chi connectivity index (χ1v) is 12.0. The Balaban J connectivity index is 2.02. The number of carbonyl (C=O) groups is 2. The molecule has 0 aromatic heterocycles. The number of hydrogen-bond donors (Lipinski definition) is 1. The number of nitrogens with zero attached hydrogens (tertiary/aromatic N) is 2. The number of primary amides is 1. The summed E-state index contributed by atoms with van der Waals surface area (Å²) in [7, 11) is 4.79. The molecule has 2 amide bonds. The van der Waals surface area contributed by atoms with E-state index in [1.807, 2.05) is 29.2 Å². The Morgan fingerprint density at radius 3 is 2.71 bits per heavy atom. The van der Waals surface area contributed by atoms with E-state index >= 15 is 0 Å². The maximum Gasteiger partial charge on any atom is 0.405 e. The van der Waals surface area contributed by atoms with Gasteiger partial charge in [0, 0.05) is 39.5 Å². The van der Waals surface area contributed by atoms with Gasteiger partial charge in [-0.25, -0.2) is 9.18 Å². The second kappa shape index (κ2) is 11.5. The lowest BCUT2D eigenvalue weighted by Gasteiger charge is -2.52. The number of amides is 2. The van der Waals surface area contributed by atoms with Crippen molar-refractivity contribution in [1.29, 1.82) is 0 Å². The van der Waals surface area contributed by atoms with Gasteiger partial charge in [-0.1, -0.05) is 24.3 Å². The lowest BCUT2D eigenvalue weighted by Crippen LogP contribution is -2.66. The molecule has 1 heterocycles. The number of methoxy groups -OCH3 is 1. The Hall–Kier alpha value is -2.46. The quantitative estimate of drug-likeness (QED) is 0.406. The van der Waals surface area contributed by atoms with Crippen LogP contribution in [-0.4, -0.2) is 86.5 Å². The molecule has 1 saturated heterocycles. The third kappa shape index (κ3) is 5.86. The van der Waals surface area contributed by atoms with Gasteiger partial charge in [-0.05, 0) is 42.2 Å². The summed E-state index contributed by atoms with van der Waals surface area (Å²) < 4.78 is 31.0. The van der Waals surface area contributed by atoms with E-state index in [1.165, 1.54) is 17.0 Å². The zero-order chi connectivity index (χ0) is 25.6. The predicted molar refractivity (Wildman–Crippen MR) is 131 cm³/mol. The van der Waals surface area contributed by atoms with E-state index in [0.29, 0.717) is 26.0 Å². The third-order valence-electron chi connectivity index (χ3n) is 6.40. The summed E-state index contributed by atoms with van der Waals surface area (Å²) in [4.78, 5) is 28.4. The van der Waals surface area contributed by atoms with Gasteiger partial charge in [-0.3, -0.25) is 9.69 Å². The van der Waals surface area contributed by atoms with Gasteiger partial charge in [-0.15, -0.1) is 11.6 Å². The van der Waals surface area contributed by atoms with Crippen molar-refractivity contribution in [3.63, 3.8) is 0 Å². The maximum atomic E-state index is 13.9. The van der Waals surface area contributed by atoms with E-state index in [4.69, 9.17) is 31.5 Å². The standard InChI is InChI=1S/C25H33ClFN3O5/c1-29(2)22(31)24(35-23(28)32)9-5-11-30(17-24)25(34-13-12-33-3)10-8-19(14-20(25)16-26)18-6-4-7-21(27)15-18/h4,6-8,10,14-15,20H,5,9,11-13,16-17H2,1-3H3,(H2,28,32). The second-order valence-electron chi connectivity index (χ2n) is 8.96. The van der Waals surface area contributed by atoms with Crippen molar-refractivity contribution in [2.75, 3.05) is 53.4 Å². The second-order valence-corrected chi connectivity index (χ2v) is 9.27. The Bertz CT molecular complexity index is 988. The number of likely N-dealkylation sites (N-methyl/N-ethyl adjacent to an activating group) is 1. The highest BCUT2D eigenvalue weighted by Crippen LogP contribution is 2.41. The Morgan fingerprint density at radius 1 is 1.31 bits per heavy atom. The van der Waals surface area contributed by atoms with Crippen LogP contribution in [-0.2, 0) is 19.0 Å².